The van der Waals surface area contributed by atoms with Crippen molar-refractivity contribution in [1.29, 1.82) is 0 Å². The lowest BCUT2D eigenvalue weighted by molar-refractivity contribution is 0.410. The van der Waals surface area contributed by atoms with Gasteiger partial charge >= 0.3 is 0 Å². The Hall–Kier alpha value is -0.610. The number of rotatable bonds is 4. The fourth-order valence-electron chi connectivity index (χ4n) is 1.28. The molecule has 4 heteroatoms. The molecule has 1 aliphatic rings. The van der Waals surface area contributed by atoms with Crippen LogP contribution in [0, 0.1) is 0 Å². The van der Waals surface area contributed by atoms with Gasteiger partial charge in [-0.1, -0.05) is 11.3 Å². The third kappa shape index (κ3) is 2.19. The molecule has 2 rings (SSSR count). The Labute approximate surface area is 81.9 Å². The molecule has 0 amide bonds. The molecule has 1 aromatic heterocycles. The van der Waals surface area contributed by atoms with Gasteiger partial charge in [0.1, 0.15) is 0 Å². The molecule has 0 saturated heterocycles. The number of ether oxygens (including phenoxy) is 1. The first-order valence-electron chi connectivity index (χ1n) is 4.49. The highest BCUT2D eigenvalue weighted by molar-refractivity contribution is 7.11. The van der Waals surface area contributed by atoms with Crippen LogP contribution < -0.4 is 10.5 Å². The van der Waals surface area contributed by atoms with E-state index >= 15 is 0 Å². The second-order valence-electron chi connectivity index (χ2n) is 3.67. The van der Waals surface area contributed by atoms with Crippen molar-refractivity contribution < 1.29 is 4.74 Å². The Morgan fingerprint density at radius 3 is 3.00 bits per heavy atom. The van der Waals surface area contributed by atoms with E-state index in [1.165, 1.54) is 12.8 Å². The summed E-state index contributed by atoms with van der Waals surface area (Å²) in [6.45, 7) is 0. The number of thiazole rings is 1. The minimum atomic E-state index is 0.136. The summed E-state index contributed by atoms with van der Waals surface area (Å²) in [5.41, 5.74) is 7.22. The number of methoxy groups -OCH3 is 1. The number of nitrogens with zero attached hydrogens (tertiary/aromatic N) is 1. The van der Waals surface area contributed by atoms with Crippen molar-refractivity contribution in [3.05, 3.63) is 11.1 Å². The third-order valence-electron chi connectivity index (χ3n) is 2.48. The second kappa shape index (κ2) is 3.27. The van der Waals surface area contributed by atoms with Crippen LogP contribution >= 0.6 is 11.3 Å². The highest BCUT2D eigenvalue weighted by Crippen LogP contribution is 2.36. The summed E-state index contributed by atoms with van der Waals surface area (Å²) < 4.78 is 5.02. The molecule has 0 aliphatic heterocycles. The van der Waals surface area contributed by atoms with Gasteiger partial charge in [-0.2, -0.15) is 0 Å². The first kappa shape index (κ1) is 8.97. The van der Waals surface area contributed by atoms with Crippen molar-refractivity contribution in [3.8, 4) is 5.19 Å². The van der Waals surface area contributed by atoms with Crippen LogP contribution in [-0.4, -0.2) is 17.6 Å². The van der Waals surface area contributed by atoms with E-state index in [9.17, 15) is 0 Å². The maximum atomic E-state index is 5.98. The standard InChI is InChI=1S/C9H14N2OS/c1-12-8-11-7(6-13-8)2-3-9(10)4-5-9/h6H,2-5,10H2,1H3. The van der Waals surface area contributed by atoms with Crippen LogP contribution in [0.25, 0.3) is 0 Å². The molecule has 0 atom stereocenters. The molecule has 0 unspecified atom stereocenters. The van der Waals surface area contributed by atoms with E-state index in [1.807, 2.05) is 5.38 Å². The van der Waals surface area contributed by atoms with Gasteiger partial charge < -0.3 is 10.5 Å². The van der Waals surface area contributed by atoms with Gasteiger partial charge in [0.2, 0.25) is 0 Å². The number of hydrogen-bond acceptors (Lipinski definition) is 4. The molecule has 0 spiro atoms. The van der Waals surface area contributed by atoms with Crippen molar-refractivity contribution in [2.24, 2.45) is 5.73 Å². The van der Waals surface area contributed by atoms with Crippen LogP contribution in [-0.2, 0) is 6.42 Å². The molecular weight excluding hydrogens is 184 g/mol. The van der Waals surface area contributed by atoms with Crippen LogP contribution in [0.15, 0.2) is 5.38 Å². The van der Waals surface area contributed by atoms with Gasteiger partial charge in [-0.3, -0.25) is 0 Å². The van der Waals surface area contributed by atoms with E-state index in [0.29, 0.717) is 0 Å². The minimum Gasteiger partial charge on any atom is -0.473 e. The molecule has 0 radical (unpaired) electrons. The van der Waals surface area contributed by atoms with Crippen molar-refractivity contribution in [2.75, 3.05) is 7.11 Å². The largest absolute Gasteiger partial charge is 0.473 e. The summed E-state index contributed by atoms with van der Waals surface area (Å²) in [5.74, 6) is 0. The molecule has 3 nitrogen and oxygen atoms in total. The number of hydrogen-bond donors (Lipinski definition) is 1. The minimum absolute atomic E-state index is 0.136. The molecule has 13 heavy (non-hydrogen) atoms. The van der Waals surface area contributed by atoms with Crippen LogP contribution in [0.5, 0.6) is 5.19 Å². The van der Waals surface area contributed by atoms with Crippen molar-refractivity contribution in [3.63, 3.8) is 0 Å². The lowest BCUT2D eigenvalue weighted by Crippen LogP contribution is -2.22. The Kier molecular flexibility index (Phi) is 2.26. The Bertz CT molecular complexity index is 294. The highest BCUT2D eigenvalue weighted by Gasteiger charge is 2.37. The molecule has 0 aromatic carbocycles. The van der Waals surface area contributed by atoms with Crippen molar-refractivity contribution >= 4 is 11.3 Å². The molecule has 2 N–H and O–H groups in total. The zero-order chi connectivity index (χ0) is 9.31. The van der Waals surface area contributed by atoms with E-state index in [1.54, 1.807) is 18.4 Å². The van der Waals surface area contributed by atoms with Gasteiger partial charge in [0, 0.05) is 10.9 Å². The van der Waals surface area contributed by atoms with Crippen LogP contribution in [0.1, 0.15) is 25.0 Å². The highest BCUT2D eigenvalue weighted by atomic mass is 32.1. The molecule has 1 saturated carbocycles. The van der Waals surface area contributed by atoms with Gasteiger partial charge in [0.05, 0.1) is 12.8 Å². The zero-order valence-electron chi connectivity index (χ0n) is 7.75. The first-order valence-corrected chi connectivity index (χ1v) is 5.37. The van der Waals surface area contributed by atoms with Crippen LogP contribution in [0.2, 0.25) is 0 Å². The quantitative estimate of drug-likeness (QED) is 0.799. The SMILES string of the molecule is COc1nc(CCC2(N)CC2)cs1. The van der Waals surface area contributed by atoms with E-state index in [2.05, 4.69) is 4.98 Å². The molecule has 1 aliphatic carbocycles. The smallest absolute Gasteiger partial charge is 0.273 e. The topological polar surface area (TPSA) is 48.1 Å². The van der Waals surface area contributed by atoms with E-state index in [-0.39, 0.29) is 5.54 Å². The molecule has 0 bridgehead atoms. The Morgan fingerprint density at radius 1 is 1.69 bits per heavy atom. The Morgan fingerprint density at radius 2 is 2.46 bits per heavy atom. The third-order valence-corrected chi connectivity index (χ3v) is 3.33. The molecule has 1 fully saturated rings. The van der Waals surface area contributed by atoms with Crippen LogP contribution in [0.3, 0.4) is 0 Å². The fraction of sp³-hybridized carbons (Fsp3) is 0.667. The molecule has 1 aromatic rings. The van der Waals surface area contributed by atoms with Gasteiger partial charge in [-0.05, 0) is 25.7 Å². The van der Waals surface area contributed by atoms with Crippen molar-refractivity contribution in [2.45, 2.75) is 31.2 Å². The summed E-state index contributed by atoms with van der Waals surface area (Å²) >= 11 is 1.55. The summed E-state index contributed by atoms with van der Waals surface area (Å²) in [4.78, 5) is 4.30. The first-order chi connectivity index (χ1) is 6.22. The molecule has 72 valence electrons. The van der Waals surface area contributed by atoms with Gasteiger partial charge in [0.15, 0.2) is 0 Å². The van der Waals surface area contributed by atoms with Crippen LogP contribution in [0.4, 0.5) is 0 Å². The fourth-order valence-corrected chi connectivity index (χ4v) is 1.96. The average Bonchev–Trinajstić information content (AvgIpc) is 2.69. The Balaban J connectivity index is 1.87. The van der Waals surface area contributed by atoms with Gasteiger partial charge in [-0.15, -0.1) is 0 Å². The second-order valence-corrected chi connectivity index (χ2v) is 4.49. The molecule has 1 heterocycles. The number of aromatic nitrogens is 1. The maximum absolute atomic E-state index is 5.98. The predicted octanol–water partition coefficient (Wildman–Crippen LogP) is 1.58. The summed E-state index contributed by atoms with van der Waals surface area (Å²) in [6, 6.07) is 0. The maximum Gasteiger partial charge on any atom is 0.273 e. The summed E-state index contributed by atoms with van der Waals surface area (Å²) in [5, 5.41) is 2.79. The monoisotopic (exact) mass is 198 g/mol. The summed E-state index contributed by atoms with van der Waals surface area (Å²) in [6.07, 6.45) is 4.39. The van der Waals surface area contributed by atoms with Crippen molar-refractivity contribution in [1.82, 2.24) is 4.98 Å². The van der Waals surface area contributed by atoms with Gasteiger partial charge in [-0.25, -0.2) is 4.98 Å². The van der Waals surface area contributed by atoms with E-state index in [0.717, 1.165) is 23.7 Å². The predicted molar refractivity (Wildman–Crippen MR) is 53.1 cm³/mol. The lowest BCUT2D eigenvalue weighted by atomic mass is 10.1. The van der Waals surface area contributed by atoms with Gasteiger partial charge in [0.25, 0.3) is 5.19 Å². The number of nitrogens with two attached hydrogens (primary N) is 1. The zero-order valence-corrected chi connectivity index (χ0v) is 8.56. The summed E-state index contributed by atoms with van der Waals surface area (Å²) in [7, 11) is 1.65. The average molecular weight is 198 g/mol. The normalized spacial score (nSPS) is 18.6. The lowest BCUT2D eigenvalue weighted by Gasteiger charge is -2.04. The van der Waals surface area contributed by atoms with E-state index < -0.39 is 0 Å². The number of aryl methyl sites for hydroxylation is 1. The van der Waals surface area contributed by atoms with E-state index in [4.69, 9.17) is 10.5 Å². The molecular formula is C9H14N2OS.